The van der Waals surface area contributed by atoms with Crippen LogP contribution >= 0.6 is 11.3 Å². The number of thiophene rings is 1. The third-order valence-electron chi connectivity index (χ3n) is 2.65. The van der Waals surface area contributed by atoms with Gasteiger partial charge in [0.05, 0.1) is 6.26 Å². The van der Waals surface area contributed by atoms with Crippen molar-refractivity contribution in [3.63, 3.8) is 0 Å². The summed E-state index contributed by atoms with van der Waals surface area (Å²) >= 11 is 1.72. The summed E-state index contributed by atoms with van der Waals surface area (Å²) < 4.78 is 24.5. The van der Waals surface area contributed by atoms with Crippen molar-refractivity contribution in [2.24, 2.45) is 0 Å². The van der Waals surface area contributed by atoms with Gasteiger partial charge in [0.25, 0.3) is 0 Å². The molecular weight excluding hydrogens is 218 g/mol. The summed E-state index contributed by atoms with van der Waals surface area (Å²) in [6.07, 6.45) is 2.13. The van der Waals surface area contributed by atoms with Gasteiger partial charge in [0.15, 0.2) is 0 Å². The zero-order chi connectivity index (χ0) is 10.3. The van der Waals surface area contributed by atoms with E-state index in [0.717, 1.165) is 6.42 Å². The van der Waals surface area contributed by atoms with E-state index in [0.29, 0.717) is 6.54 Å². The summed E-state index contributed by atoms with van der Waals surface area (Å²) in [5.41, 5.74) is 1.17. The summed E-state index contributed by atoms with van der Waals surface area (Å²) in [5, 5.41) is 2.03. The van der Waals surface area contributed by atoms with Gasteiger partial charge in [-0.25, -0.2) is 8.42 Å². The molecule has 1 atom stereocenters. The van der Waals surface area contributed by atoms with E-state index >= 15 is 0 Å². The molecule has 0 amide bonds. The highest BCUT2D eigenvalue weighted by Crippen LogP contribution is 2.33. The van der Waals surface area contributed by atoms with Crippen molar-refractivity contribution < 1.29 is 8.42 Å². The van der Waals surface area contributed by atoms with Crippen LogP contribution in [0.5, 0.6) is 0 Å². The molecular formula is C9H13NO2S2. The molecule has 0 aliphatic carbocycles. The zero-order valence-corrected chi connectivity index (χ0v) is 9.86. The zero-order valence-electron chi connectivity index (χ0n) is 8.23. The predicted molar refractivity (Wildman–Crippen MR) is 58.0 cm³/mol. The number of rotatable bonds is 1. The molecule has 5 heteroatoms. The van der Waals surface area contributed by atoms with Crippen LogP contribution in [0.2, 0.25) is 0 Å². The molecule has 0 N–H and O–H groups in total. The maximum absolute atomic E-state index is 11.5. The van der Waals surface area contributed by atoms with Gasteiger partial charge < -0.3 is 0 Å². The van der Waals surface area contributed by atoms with Gasteiger partial charge in [-0.15, -0.1) is 11.3 Å². The van der Waals surface area contributed by atoms with E-state index in [-0.39, 0.29) is 6.04 Å². The Morgan fingerprint density at radius 3 is 2.93 bits per heavy atom. The van der Waals surface area contributed by atoms with Gasteiger partial charge >= 0.3 is 0 Å². The Balaban J connectivity index is 2.39. The smallest absolute Gasteiger partial charge is 0.211 e. The van der Waals surface area contributed by atoms with Crippen LogP contribution in [-0.4, -0.2) is 25.5 Å². The Hall–Kier alpha value is -0.390. The summed E-state index contributed by atoms with van der Waals surface area (Å²) in [4.78, 5) is 1.33. The fourth-order valence-corrected chi connectivity index (χ4v) is 4.01. The molecule has 0 saturated carbocycles. The van der Waals surface area contributed by atoms with Crippen LogP contribution in [0.1, 0.15) is 23.4 Å². The van der Waals surface area contributed by atoms with Crippen LogP contribution in [0.25, 0.3) is 0 Å². The molecule has 3 nitrogen and oxygen atoms in total. The lowest BCUT2D eigenvalue weighted by Gasteiger charge is -2.31. The van der Waals surface area contributed by atoms with Crippen molar-refractivity contribution in [3.05, 3.63) is 21.9 Å². The molecule has 0 spiro atoms. The minimum atomic E-state index is -3.06. The molecule has 14 heavy (non-hydrogen) atoms. The summed E-state index contributed by atoms with van der Waals surface area (Å²) in [5.74, 6) is 0. The second kappa shape index (κ2) is 3.32. The molecule has 0 radical (unpaired) electrons. The Kier molecular flexibility index (Phi) is 2.41. The summed E-state index contributed by atoms with van der Waals surface area (Å²) in [6, 6.07) is 2.03. The minimum absolute atomic E-state index is 0.000000000000000222. The van der Waals surface area contributed by atoms with Crippen LogP contribution in [0.4, 0.5) is 0 Å². The topological polar surface area (TPSA) is 37.4 Å². The van der Waals surface area contributed by atoms with Crippen molar-refractivity contribution in [1.82, 2.24) is 4.31 Å². The summed E-state index contributed by atoms with van der Waals surface area (Å²) in [6.45, 7) is 2.57. The van der Waals surface area contributed by atoms with Gasteiger partial charge in [-0.05, 0) is 30.4 Å². The molecule has 1 aliphatic heterocycles. The van der Waals surface area contributed by atoms with Crippen molar-refractivity contribution >= 4 is 21.4 Å². The molecule has 0 saturated heterocycles. The van der Waals surface area contributed by atoms with E-state index in [2.05, 4.69) is 0 Å². The first-order valence-electron chi connectivity index (χ1n) is 4.53. The molecule has 0 unspecified atom stereocenters. The van der Waals surface area contributed by atoms with Gasteiger partial charge in [0.1, 0.15) is 0 Å². The fraction of sp³-hybridized carbons (Fsp3) is 0.556. The van der Waals surface area contributed by atoms with E-state index in [1.807, 2.05) is 18.4 Å². The molecule has 2 rings (SSSR count). The van der Waals surface area contributed by atoms with Gasteiger partial charge in [-0.2, -0.15) is 4.31 Å². The monoisotopic (exact) mass is 231 g/mol. The lowest BCUT2D eigenvalue weighted by Crippen LogP contribution is -2.37. The van der Waals surface area contributed by atoms with Crippen molar-refractivity contribution in [2.45, 2.75) is 19.4 Å². The van der Waals surface area contributed by atoms with Gasteiger partial charge in [-0.3, -0.25) is 0 Å². The first-order valence-corrected chi connectivity index (χ1v) is 7.26. The van der Waals surface area contributed by atoms with Crippen LogP contribution in [0.15, 0.2) is 11.4 Å². The lowest BCUT2D eigenvalue weighted by atomic mass is 10.0. The highest BCUT2D eigenvalue weighted by Gasteiger charge is 2.30. The fourth-order valence-electron chi connectivity index (χ4n) is 1.94. The largest absolute Gasteiger partial charge is 0.212 e. The standard InChI is InChI=1S/C9H13NO2S2/c1-7-8-4-6-13-9(8)3-5-10(7)14(2,11)12/h4,6-7H,3,5H2,1-2H3/t7-/m1/s1. The van der Waals surface area contributed by atoms with Crippen molar-refractivity contribution in [1.29, 1.82) is 0 Å². The quantitative estimate of drug-likeness (QED) is 0.736. The molecule has 1 aromatic rings. The Morgan fingerprint density at radius 2 is 2.29 bits per heavy atom. The first-order chi connectivity index (χ1) is 6.50. The third kappa shape index (κ3) is 1.60. The van der Waals surface area contributed by atoms with E-state index in [1.54, 1.807) is 15.6 Å². The van der Waals surface area contributed by atoms with E-state index in [9.17, 15) is 8.42 Å². The maximum Gasteiger partial charge on any atom is 0.211 e. The minimum Gasteiger partial charge on any atom is -0.212 e. The number of fused-ring (bicyclic) bond motifs is 1. The van der Waals surface area contributed by atoms with Crippen molar-refractivity contribution in [2.75, 3.05) is 12.8 Å². The SMILES string of the molecule is C[C@@H]1c2ccsc2CCN1S(C)(=O)=O. The van der Waals surface area contributed by atoms with Crippen LogP contribution in [0, 0.1) is 0 Å². The highest BCUT2D eigenvalue weighted by atomic mass is 32.2. The molecule has 1 aromatic heterocycles. The van der Waals surface area contributed by atoms with E-state index < -0.39 is 10.0 Å². The van der Waals surface area contributed by atoms with Gasteiger partial charge in [0, 0.05) is 17.5 Å². The normalized spacial score (nSPS) is 23.4. The second-order valence-electron chi connectivity index (χ2n) is 3.60. The Bertz CT molecular complexity index is 435. The highest BCUT2D eigenvalue weighted by molar-refractivity contribution is 7.88. The molecule has 0 fully saturated rings. The molecule has 0 aromatic carbocycles. The molecule has 0 bridgehead atoms. The second-order valence-corrected chi connectivity index (χ2v) is 6.53. The Labute approximate surface area is 88.4 Å². The van der Waals surface area contributed by atoms with Gasteiger partial charge in [-0.1, -0.05) is 0 Å². The number of nitrogens with zero attached hydrogens (tertiary/aromatic N) is 1. The summed E-state index contributed by atoms with van der Waals surface area (Å²) in [7, 11) is -3.06. The van der Waals surface area contributed by atoms with Crippen LogP contribution < -0.4 is 0 Å². The number of hydrogen-bond acceptors (Lipinski definition) is 3. The van der Waals surface area contributed by atoms with Crippen LogP contribution in [-0.2, 0) is 16.4 Å². The van der Waals surface area contributed by atoms with E-state index in [4.69, 9.17) is 0 Å². The number of sulfonamides is 1. The van der Waals surface area contributed by atoms with E-state index in [1.165, 1.54) is 16.7 Å². The average Bonchev–Trinajstić information content (AvgIpc) is 2.50. The maximum atomic E-state index is 11.5. The van der Waals surface area contributed by atoms with Crippen molar-refractivity contribution in [3.8, 4) is 0 Å². The third-order valence-corrected chi connectivity index (χ3v) is 4.99. The molecule has 2 heterocycles. The predicted octanol–water partition coefficient (Wildman–Crippen LogP) is 1.63. The number of hydrogen-bond donors (Lipinski definition) is 0. The molecule has 78 valence electrons. The Morgan fingerprint density at radius 1 is 1.57 bits per heavy atom. The average molecular weight is 231 g/mol. The van der Waals surface area contributed by atoms with Gasteiger partial charge in [0.2, 0.25) is 10.0 Å². The van der Waals surface area contributed by atoms with Crippen LogP contribution in [0.3, 0.4) is 0 Å². The first kappa shape index (κ1) is 10.1. The molecule has 1 aliphatic rings. The lowest BCUT2D eigenvalue weighted by molar-refractivity contribution is 0.332.